The van der Waals surface area contributed by atoms with E-state index in [-0.39, 0.29) is 24.0 Å². The topological polar surface area (TPSA) is 62.1 Å². The normalized spacial score (nSPS) is 12.0. The fraction of sp³-hybridized carbons (Fsp3) is 0.120. The van der Waals surface area contributed by atoms with Crippen LogP contribution in [-0.4, -0.2) is 5.91 Å². The number of ether oxygens (including phenoxy) is 1. The van der Waals surface area contributed by atoms with Crippen molar-refractivity contribution in [2.75, 3.05) is 0 Å². The first kappa shape index (κ1) is 20.8. The molecule has 0 heterocycles. The van der Waals surface area contributed by atoms with Gasteiger partial charge in [0.25, 0.3) is 5.91 Å². The summed E-state index contributed by atoms with van der Waals surface area (Å²) in [5.41, 5.74) is 2.13. The van der Waals surface area contributed by atoms with Crippen molar-refractivity contribution in [2.24, 2.45) is 0 Å². The summed E-state index contributed by atoms with van der Waals surface area (Å²) >= 11 is 0. The van der Waals surface area contributed by atoms with E-state index < -0.39 is 5.91 Å². The molecule has 0 aromatic heterocycles. The highest BCUT2D eigenvalue weighted by molar-refractivity contribution is 6.01. The predicted molar refractivity (Wildman–Crippen MR) is 114 cm³/mol. The van der Waals surface area contributed by atoms with E-state index in [1.54, 1.807) is 42.5 Å². The number of nitriles is 1. The molecule has 0 unspecified atom stereocenters. The second kappa shape index (κ2) is 10.0. The molecular formula is C25H21FN2O2. The molecule has 5 heteroatoms. The molecule has 0 aliphatic carbocycles. The van der Waals surface area contributed by atoms with E-state index in [0.717, 1.165) is 5.56 Å². The summed E-state index contributed by atoms with van der Waals surface area (Å²) in [6.07, 6.45) is 1.52. The molecule has 0 saturated carbocycles. The number of nitrogens with one attached hydrogen (secondary N) is 1. The Morgan fingerprint density at radius 2 is 1.73 bits per heavy atom. The quantitative estimate of drug-likeness (QED) is 0.439. The summed E-state index contributed by atoms with van der Waals surface area (Å²) < 4.78 is 19.3. The molecule has 1 amide bonds. The molecule has 1 atom stereocenters. The standard InChI is InChI=1S/C25H21FN2O2/c1-18(20-7-3-2-4-8-20)28-25(29)22(16-27)15-19-11-13-23(14-12-19)30-17-21-9-5-6-10-24(21)26/h2-15,18H,17H2,1H3,(H,28,29)/b22-15-/t18-/m1/s1. The predicted octanol–water partition coefficient (Wildman–Crippen LogP) is 5.19. The molecule has 150 valence electrons. The molecule has 3 aromatic carbocycles. The van der Waals surface area contributed by atoms with E-state index in [0.29, 0.717) is 16.9 Å². The van der Waals surface area contributed by atoms with Crippen LogP contribution in [0.1, 0.15) is 29.7 Å². The van der Waals surface area contributed by atoms with E-state index in [9.17, 15) is 14.4 Å². The fourth-order valence-electron chi connectivity index (χ4n) is 2.85. The largest absolute Gasteiger partial charge is 0.489 e. The minimum atomic E-state index is -0.436. The van der Waals surface area contributed by atoms with Gasteiger partial charge >= 0.3 is 0 Å². The lowest BCUT2D eigenvalue weighted by Crippen LogP contribution is -2.27. The Morgan fingerprint density at radius 1 is 1.07 bits per heavy atom. The highest BCUT2D eigenvalue weighted by atomic mass is 19.1. The van der Waals surface area contributed by atoms with Crippen LogP contribution in [0.3, 0.4) is 0 Å². The van der Waals surface area contributed by atoms with Crippen molar-refractivity contribution in [1.82, 2.24) is 5.32 Å². The zero-order valence-electron chi connectivity index (χ0n) is 16.5. The number of benzene rings is 3. The van der Waals surface area contributed by atoms with Gasteiger partial charge in [-0.25, -0.2) is 4.39 Å². The molecule has 0 fully saturated rings. The molecule has 0 spiro atoms. The monoisotopic (exact) mass is 400 g/mol. The van der Waals surface area contributed by atoms with Crippen LogP contribution in [0, 0.1) is 17.1 Å². The second-order valence-electron chi connectivity index (χ2n) is 6.72. The highest BCUT2D eigenvalue weighted by Gasteiger charge is 2.13. The number of carbonyl (C=O) groups excluding carboxylic acids is 1. The Balaban J connectivity index is 1.63. The van der Waals surface area contributed by atoms with Crippen molar-refractivity contribution < 1.29 is 13.9 Å². The fourth-order valence-corrected chi connectivity index (χ4v) is 2.85. The van der Waals surface area contributed by atoms with Crippen LogP contribution in [0.2, 0.25) is 0 Å². The first-order chi connectivity index (χ1) is 14.6. The first-order valence-corrected chi connectivity index (χ1v) is 9.50. The Bertz CT molecular complexity index is 1070. The third kappa shape index (κ3) is 5.55. The summed E-state index contributed by atoms with van der Waals surface area (Å²) in [6, 6.07) is 24.6. The number of nitrogens with zero attached hydrogens (tertiary/aromatic N) is 1. The second-order valence-corrected chi connectivity index (χ2v) is 6.72. The molecule has 3 rings (SSSR count). The van der Waals surface area contributed by atoms with Crippen molar-refractivity contribution in [3.8, 4) is 11.8 Å². The van der Waals surface area contributed by atoms with Crippen LogP contribution >= 0.6 is 0 Å². The van der Waals surface area contributed by atoms with E-state index in [2.05, 4.69) is 5.32 Å². The minimum Gasteiger partial charge on any atom is -0.489 e. The number of rotatable bonds is 7. The van der Waals surface area contributed by atoms with Gasteiger partial charge in [0.1, 0.15) is 29.8 Å². The summed E-state index contributed by atoms with van der Waals surface area (Å²) in [7, 11) is 0. The number of carbonyl (C=O) groups is 1. The number of halogens is 1. The SMILES string of the molecule is C[C@@H](NC(=O)/C(C#N)=C\c1ccc(OCc2ccccc2F)cc1)c1ccccc1. The van der Waals surface area contributed by atoms with Crippen LogP contribution in [0.4, 0.5) is 4.39 Å². The van der Waals surface area contributed by atoms with Crippen LogP contribution in [-0.2, 0) is 11.4 Å². The van der Waals surface area contributed by atoms with Gasteiger partial charge in [-0.15, -0.1) is 0 Å². The van der Waals surface area contributed by atoms with E-state index in [1.807, 2.05) is 43.3 Å². The van der Waals surface area contributed by atoms with Gasteiger partial charge in [-0.3, -0.25) is 4.79 Å². The molecular weight excluding hydrogens is 379 g/mol. The third-order valence-electron chi connectivity index (χ3n) is 4.56. The summed E-state index contributed by atoms with van der Waals surface area (Å²) in [6.45, 7) is 1.98. The lowest BCUT2D eigenvalue weighted by Gasteiger charge is -2.13. The average molecular weight is 400 g/mol. The zero-order valence-corrected chi connectivity index (χ0v) is 16.5. The van der Waals surface area contributed by atoms with Crippen molar-refractivity contribution in [3.05, 3.63) is 107 Å². The Morgan fingerprint density at radius 3 is 2.40 bits per heavy atom. The van der Waals surface area contributed by atoms with Gasteiger partial charge in [0, 0.05) is 5.56 Å². The van der Waals surface area contributed by atoms with E-state index in [4.69, 9.17) is 4.74 Å². The Kier molecular flexibility index (Phi) is 6.96. The minimum absolute atomic E-state index is 0.0119. The lowest BCUT2D eigenvalue weighted by molar-refractivity contribution is -0.117. The number of hydrogen-bond acceptors (Lipinski definition) is 3. The lowest BCUT2D eigenvalue weighted by atomic mass is 10.1. The van der Waals surface area contributed by atoms with Crippen molar-refractivity contribution in [2.45, 2.75) is 19.6 Å². The molecule has 1 N–H and O–H groups in total. The molecule has 3 aromatic rings. The molecule has 0 aliphatic rings. The maximum atomic E-state index is 13.7. The number of amides is 1. The molecule has 0 radical (unpaired) electrons. The smallest absolute Gasteiger partial charge is 0.262 e. The van der Waals surface area contributed by atoms with Crippen LogP contribution in [0.5, 0.6) is 5.75 Å². The van der Waals surface area contributed by atoms with Gasteiger partial charge in [0.15, 0.2) is 0 Å². The Labute approximate surface area is 175 Å². The summed E-state index contributed by atoms with van der Waals surface area (Å²) in [5, 5.41) is 12.2. The third-order valence-corrected chi connectivity index (χ3v) is 4.56. The van der Waals surface area contributed by atoms with Crippen LogP contribution < -0.4 is 10.1 Å². The van der Waals surface area contributed by atoms with Gasteiger partial charge in [0.05, 0.1) is 6.04 Å². The van der Waals surface area contributed by atoms with Gasteiger partial charge in [-0.1, -0.05) is 60.7 Å². The van der Waals surface area contributed by atoms with Gasteiger partial charge in [-0.2, -0.15) is 5.26 Å². The molecule has 0 bridgehead atoms. The van der Waals surface area contributed by atoms with Gasteiger partial charge in [0.2, 0.25) is 0 Å². The average Bonchev–Trinajstić information content (AvgIpc) is 2.78. The highest BCUT2D eigenvalue weighted by Crippen LogP contribution is 2.18. The zero-order chi connectivity index (χ0) is 21.3. The molecule has 0 saturated heterocycles. The van der Waals surface area contributed by atoms with Gasteiger partial charge in [-0.05, 0) is 42.3 Å². The molecule has 30 heavy (non-hydrogen) atoms. The van der Waals surface area contributed by atoms with Crippen molar-refractivity contribution in [3.63, 3.8) is 0 Å². The van der Waals surface area contributed by atoms with Crippen LogP contribution in [0.15, 0.2) is 84.4 Å². The maximum absolute atomic E-state index is 13.7. The van der Waals surface area contributed by atoms with E-state index >= 15 is 0 Å². The van der Waals surface area contributed by atoms with Crippen molar-refractivity contribution >= 4 is 12.0 Å². The van der Waals surface area contributed by atoms with Gasteiger partial charge < -0.3 is 10.1 Å². The number of hydrogen-bond donors (Lipinski definition) is 1. The molecule has 4 nitrogen and oxygen atoms in total. The summed E-state index contributed by atoms with van der Waals surface area (Å²) in [4.78, 5) is 12.5. The van der Waals surface area contributed by atoms with E-state index in [1.165, 1.54) is 12.1 Å². The maximum Gasteiger partial charge on any atom is 0.262 e. The first-order valence-electron chi connectivity index (χ1n) is 9.50. The van der Waals surface area contributed by atoms with Crippen LogP contribution in [0.25, 0.3) is 6.08 Å². The summed E-state index contributed by atoms with van der Waals surface area (Å²) in [5.74, 6) is -0.184. The molecule has 0 aliphatic heterocycles. The van der Waals surface area contributed by atoms with Crippen molar-refractivity contribution in [1.29, 1.82) is 5.26 Å². The Hall–Kier alpha value is -3.91.